The third kappa shape index (κ3) is 4.78. The van der Waals surface area contributed by atoms with Crippen LogP contribution in [-0.4, -0.2) is 39.5 Å². The molecule has 0 aromatic carbocycles. The molecule has 0 radical (unpaired) electrons. The lowest BCUT2D eigenvalue weighted by atomic mass is 9.95. The Bertz CT molecular complexity index is 194. The van der Waals surface area contributed by atoms with Crippen LogP contribution in [0.4, 0.5) is 0 Å². The summed E-state index contributed by atoms with van der Waals surface area (Å²) in [5, 5.41) is 3.07. The van der Waals surface area contributed by atoms with Crippen LogP contribution >= 0.6 is 0 Å². The summed E-state index contributed by atoms with van der Waals surface area (Å²) >= 11 is 0. The molecule has 0 heterocycles. The van der Waals surface area contributed by atoms with Crippen molar-refractivity contribution in [2.75, 3.05) is 27.3 Å². The van der Waals surface area contributed by atoms with E-state index in [1.54, 1.807) is 7.11 Å². The third-order valence-electron chi connectivity index (χ3n) is 2.86. The quantitative estimate of drug-likeness (QED) is 0.682. The average Bonchev–Trinajstić information content (AvgIpc) is 2.27. The zero-order valence-electron chi connectivity index (χ0n) is 9.92. The molecular weight excluding hydrogens is 190 g/mol. The highest BCUT2D eigenvalue weighted by Gasteiger charge is 2.21. The summed E-state index contributed by atoms with van der Waals surface area (Å²) in [7, 11) is 3.71. The van der Waals surface area contributed by atoms with E-state index in [0.717, 1.165) is 25.0 Å². The molecular formula is C12H23NO2. The van der Waals surface area contributed by atoms with Gasteiger partial charge in [0.05, 0.1) is 18.8 Å². The Morgan fingerprint density at radius 3 is 2.80 bits per heavy atom. The van der Waals surface area contributed by atoms with Gasteiger partial charge in [-0.25, -0.2) is 0 Å². The summed E-state index contributed by atoms with van der Waals surface area (Å²) in [6.07, 6.45) is 5.32. The van der Waals surface area contributed by atoms with E-state index in [9.17, 15) is 0 Å². The van der Waals surface area contributed by atoms with Crippen LogP contribution in [0.3, 0.4) is 0 Å². The highest BCUT2D eigenvalue weighted by Crippen LogP contribution is 2.23. The van der Waals surface area contributed by atoms with Crippen LogP contribution < -0.4 is 5.32 Å². The summed E-state index contributed by atoms with van der Waals surface area (Å²) in [5.41, 5.74) is 1.11. The highest BCUT2D eigenvalue weighted by molar-refractivity contribution is 4.96. The number of methoxy groups -OCH3 is 1. The van der Waals surface area contributed by atoms with E-state index in [2.05, 4.69) is 11.9 Å². The maximum atomic E-state index is 5.81. The fourth-order valence-corrected chi connectivity index (χ4v) is 2.00. The predicted molar refractivity (Wildman–Crippen MR) is 62.1 cm³/mol. The molecule has 1 N–H and O–H groups in total. The Morgan fingerprint density at radius 1 is 1.40 bits per heavy atom. The standard InChI is InChI=1S/C12H23NO2/c1-10(8-13-2)9-15-12-6-4-5-11(7-12)14-3/h11-13H,1,4-9H2,2-3H3. The lowest BCUT2D eigenvalue weighted by Gasteiger charge is -2.28. The molecule has 1 fully saturated rings. The minimum absolute atomic E-state index is 0.359. The lowest BCUT2D eigenvalue weighted by molar-refractivity contribution is -0.0224. The molecule has 0 saturated heterocycles. The van der Waals surface area contributed by atoms with Crippen molar-refractivity contribution in [3.05, 3.63) is 12.2 Å². The van der Waals surface area contributed by atoms with Gasteiger partial charge in [0.2, 0.25) is 0 Å². The molecule has 2 atom stereocenters. The third-order valence-corrected chi connectivity index (χ3v) is 2.86. The van der Waals surface area contributed by atoms with Gasteiger partial charge >= 0.3 is 0 Å². The lowest BCUT2D eigenvalue weighted by Crippen LogP contribution is -2.28. The van der Waals surface area contributed by atoms with Gasteiger partial charge in [0.15, 0.2) is 0 Å². The minimum Gasteiger partial charge on any atom is -0.381 e. The van der Waals surface area contributed by atoms with Crippen molar-refractivity contribution >= 4 is 0 Å². The van der Waals surface area contributed by atoms with Crippen LogP contribution in [0.5, 0.6) is 0 Å². The van der Waals surface area contributed by atoms with Crippen LogP contribution in [0.15, 0.2) is 12.2 Å². The minimum atomic E-state index is 0.359. The summed E-state index contributed by atoms with van der Waals surface area (Å²) in [4.78, 5) is 0. The van der Waals surface area contributed by atoms with Crippen LogP contribution in [-0.2, 0) is 9.47 Å². The molecule has 0 spiro atoms. The van der Waals surface area contributed by atoms with Crippen molar-refractivity contribution in [3.63, 3.8) is 0 Å². The highest BCUT2D eigenvalue weighted by atomic mass is 16.5. The molecule has 0 aromatic heterocycles. The van der Waals surface area contributed by atoms with Crippen LogP contribution in [0.25, 0.3) is 0 Å². The zero-order valence-corrected chi connectivity index (χ0v) is 9.92. The van der Waals surface area contributed by atoms with Gasteiger partial charge in [-0.05, 0) is 38.3 Å². The van der Waals surface area contributed by atoms with Crippen LogP contribution in [0.1, 0.15) is 25.7 Å². The monoisotopic (exact) mass is 213 g/mol. The first kappa shape index (κ1) is 12.7. The molecule has 1 aliphatic rings. The summed E-state index contributed by atoms with van der Waals surface area (Å²) in [5.74, 6) is 0. The Labute approximate surface area is 92.8 Å². The SMILES string of the molecule is C=C(CNC)COC1CCCC(OC)C1. The molecule has 0 bridgehead atoms. The molecule has 0 aliphatic heterocycles. The van der Waals surface area contributed by atoms with Crippen molar-refractivity contribution in [2.45, 2.75) is 37.9 Å². The van der Waals surface area contributed by atoms with Gasteiger partial charge in [-0.15, -0.1) is 0 Å². The van der Waals surface area contributed by atoms with Gasteiger partial charge in [-0.2, -0.15) is 0 Å². The van der Waals surface area contributed by atoms with Crippen molar-refractivity contribution in [1.29, 1.82) is 0 Å². The smallest absolute Gasteiger partial charge is 0.0690 e. The molecule has 88 valence electrons. The van der Waals surface area contributed by atoms with Crippen molar-refractivity contribution in [1.82, 2.24) is 5.32 Å². The van der Waals surface area contributed by atoms with E-state index < -0.39 is 0 Å². The number of nitrogens with one attached hydrogen (secondary N) is 1. The fraction of sp³-hybridized carbons (Fsp3) is 0.833. The second kappa shape index (κ2) is 6.99. The molecule has 1 aliphatic carbocycles. The van der Waals surface area contributed by atoms with Gasteiger partial charge in [0.25, 0.3) is 0 Å². The number of hydrogen-bond acceptors (Lipinski definition) is 3. The van der Waals surface area contributed by atoms with Gasteiger partial charge in [-0.1, -0.05) is 6.58 Å². The van der Waals surface area contributed by atoms with Gasteiger partial charge < -0.3 is 14.8 Å². The first-order valence-corrected chi connectivity index (χ1v) is 5.72. The molecule has 15 heavy (non-hydrogen) atoms. The second-order valence-corrected chi connectivity index (χ2v) is 4.24. The topological polar surface area (TPSA) is 30.5 Å². The normalized spacial score (nSPS) is 26.5. The largest absolute Gasteiger partial charge is 0.381 e. The molecule has 3 heteroatoms. The van der Waals surface area contributed by atoms with Gasteiger partial charge in [0.1, 0.15) is 0 Å². The Hall–Kier alpha value is -0.380. The van der Waals surface area contributed by atoms with Crippen LogP contribution in [0.2, 0.25) is 0 Å². The van der Waals surface area contributed by atoms with Gasteiger partial charge in [-0.3, -0.25) is 0 Å². The van der Waals surface area contributed by atoms with Crippen molar-refractivity contribution in [3.8, 4) is 0 Å². The fourth-order valence-electron chi connectivity index (χ4n) is 2.00. The molecule has 0 aromatic rings. The van der Waals surface area contributed by atoms with E-state index in [1.807, 2.05) is 7.05 Å². The average molecular weight is 213 g/mol. The number of rotatable bonds is 6. The Balaban J connectivity index is 2.17. The van der Waals surface area contributed by atoms with Crippen molar-refractivity contribution in [2.24, 2.45) is 0 Å². The molecule has 1 saturated carbocycles. The maximum absolute atomic E-state index is 5.81. The molecule has 2 unspecified atom stereocenters. The van der Waals surface area contributed by atoms with Crippen LogP contribution in [0, 0.1) is 0 Å². The summed E-state index contributed by atoms with van der Waals surface area (Å²) in [6, 6.07) is 0. The van der Waals surface area contributed by atoms with E-state index in [1.165, 1.54) is 12.8 Å². The zero-order chi connectivity index (χ0) is 11.1. The second-order valence-electron chi connectivity index (χ2n) is 4.24. The van der Waals surface area contributed by atoms with E-state index in [0.29, 0.717) is 18.8 Å². The van der Waals surface area contributed by atoms with Crippen molar-refractivity contribution < 1.29 is 9.47 Å². The van der Waals surface area contributed by atoms with E-state index in [-0.39, 0.29) is 0 Å². The number of hydrogen-bond donors (Lipinski definition) is 1. The van der Waals surface area contributed by atoms with E-state index >= 15 is 0 Å². The summed E-state index contributed by atoms with van der Waals surface area (Å²) in [6.45, 7) is 5.45. The van der Waals surface area contributed by atoms with Gasteiger partial charge in [0, 0.05) is 13.7 Å². The first-order chi connectivity index (χ1) is 7.26. The Kier molecular flexibility index (Phi) is 5.91. The number of ether oxygens (including phenoxy) is 2. The molecule has 0 amide bonds. The first-order valence-electron chi connectivity index (χ1n) is 5.72. The Morgan fingerprint density at radius 2 is 2.13 bits per heavy atom. The summed E-state index contributed by atoms with van der Waals surface area (Å²) < 4.78 is 11.2. The maximum Gasteiger partial charge on any atom is 0.0690 e. The number of likely N-dealkylation sites (N-methyl/N-ethyl adjacent to an activating group) is 1. The predicted octanol–water partition coefficient (Wildman–Crippen LogP) is 1.74. The molecule has 3 nitrogen and oxygen atoms in total. The van der Waals surface area contributed by atoms with E-state index in [4.69, 9.17) is 9.47 Å². The molecule has 1 rings (SSSR count).